The summed E-state index contributed by atoms with van der Waals surface area (Å²) < 4.78 is 5.44. The van der Waals surface area contributed by atoms with Gasteiger partial charge in [-0.15, -0.1) is 0 Å². The second kappa shape index (κ2) is 8.77. The molecular formula is C25H23ClN4O3. The van der Waals surface area contributed by atoms with Crippen molar-refractivity contribution in [3.8, 4) is 5.75 Å². The number of halogens is 1. The van der Waals surface area contributed by atoms with Gasteiger partial charge < -0.3 is 15.4 Å². The van der Waals surface area contributed by atoms with E-state index in [1.165, 1.54) is 0 Å². The number of fused-ring (bicyclic) bond motifs is 3. The Hall–Kier alpha value is -3.55. The van der Waals surface area contributed by atoms with Gasteiger partial charge in [0.1, 0.15) is 5.75 Å². The maximum Gasteiger partial charge on any atom is 0.255 e. The topological polar surface area (TPSA) is 82.7 Å². The van der Waals surface area contributed by atoms with Crippen LogP contribution < -0.4 is 25.8 Å². The van der Waals surface area contributed by atoms with Crippen LogP contribution >= 0.6 is 11.6 Å². The second-order valence-corrected chi connectivity index (χ2v) is 8.39. The zero-order valence-corrected chi connectivity index (χ0v) is 18.7. The Kier molecular flexibility index (Phi) is 5.66. The van der Waals surface area contributed by atoms with Crippen molar-refractivity contribution in [1.82, 2.24) is 5.43 Å². The first-order chi connectivity index (χ1) is 16.0. The molecule has 0 aromatic heterocycles. The maximum atomic E-state index is 13.1. The molecule has 2 amide bonds. The Morgan fingerprint density at radius 1 is 1.12 bits per heavy atom. The van der Waals surface area contributed by atoms with Crippen molar-refractivity contribution in [2.75, 3.05) is 28.8 Å². The number of rotatable bonds is 5. The third kappa shape index (κ3) is 4.13. The molecule has 1 saturated heterocycles. The van der Waals surface area contributed by atoms with E-state index in [-0.39, 0.29) is 23.8 Å². The van der Waals surface area contributed by atoms with Crippen LogP contribution in [0.25, 0.3) is 0 Å². The summed E-state index contributed by atoms with van der Waals surface area (Å²) >= 11 is 5.99. The lowest BCUT2D eigenvalue weighted by Crippen LogP contribution is -2.35. The van der Waals surface area contributed by atoms with Gasteiger partial charge in [0.25, 0.3) is 5.91 Å². The quantitative estimate of drug-likeness (QED) is 0.515. The molecule has 0 saturated carbocycles. The summed E-state index contributed by atoms with van der Waals surface area (Å²) in [5.41, 5.74) is 7.04. The molecule has 5 rings (SSSR count). The van der Waals surface area contributed by atoms with Crippen LogP contribution in [0.15, 0.2) is 66.7 Å². The van der Waals surface area contributed by atoms with E-state index in [0.717, 1.165) is 22.7 Å². The highest BCUT2D eigenvalue weighted by atomic mass is 35.5. The van der Waals surface area contributed by atoms with Crippen molar-refractivity contribution in [3.05, 3.63) is 82.9 Å². The summed E-state index contributed by atoms with van der Waals surface area (Å²) in [6, 6.07) is 19.6. The zero-order chi connectivity index (χ0) is 22.9. The highest BCUT2D eigenvalue weighted by Crippen LogP contribution is 2.40. The fourth-order valence-corrected chi connectivity index (χ4v) is 4.36. The summed E-state index contributed by atoms with van der Waals surface area (Å²) in [5, 5.41) is 8.42. The van der Waals surface area contributed by atoms with Crippen LogP contribution in [0.2, 0.25) is 5.02 Å². The number of benzene rings is 3. The van der Waals surface area contributed by atoms with Crippen molar-refractivity contribution in [2.24, 2.45) is 5.92 Å². The summed E-state index contributed by atoms with van der Waals surface area (Å²) in [5.74, 6) is 0.230. The van der Waals surface area contributed by atoms with Crippen LogP contribution in [-0.2, 0) is 4.79 Å². The Labute approximate surface area is 196 Å². The molecular weight excluding hydrogens is 440 g/mol. The fraction of sp³-hybridized carbons (Fsp3) is 0.200. The number of carbonyl (C=O) groups excluding carboxylic acids is 2. The van der Waals surface area contributed by atoms with Crippen LogP contribution in [0.4, 0.5) is 17.1 Å². The molecule has 0 bridgehead atoms. The smallest absolute Gasteiger partial charge is 0.255 e. The molecule has 2 aliphatic rings. The van der Waals surface area contributed by atoms with Crippen LogP contribution in [0.5, 0.6) is 5.75 Å². The lowest BCUT2D eigenvalue weighted by Gasteiger charge is -2.27. The molecule has 0 spiro atoms. The molecule has 3 aromatic rings. The molecule has 2 atom stereocenters. The Bertz CT molecular complexity index is 1200. The summed E-state index contributed by atoms with van der Waals surface area (Å²) in [6.07, 6.45) is 0. The molecule has 0 aliphatic carbocycles. The van der Waals surface area contributed by atoms with Crippen LogP contribution in [-0.4, -0.2) is 25.0 Å². The van der Waals surface area contributed by atoms with Gasteiger partial charge >= 0.3 is 0 Å². The van der Waals surface area contributed by atoms with Gasteiger partial charge in [-0.25, -0.2) is 10.4 Å². The molecule has 2 unspecified atom stereocenters. The van der Waals surface area contributed by atoms with Gasteiger partial charge in [0.05, 0.1) is 24.3 Å². The number of ether oxygens (including phenoxy) is 1. The first-order valence-corrected chi connectivity index (χ1v) is 11.2. The van der Waals surface area contributed by atoms with Crippen molar-refractivity contribution in [3.63, 3.8) is 0 Å². The third-order valence-electron chi connectivity index (χ3n) is 5.88. The molecule has 8 heteroatoms. The van der Waals surface area contributed by atoms with E-state index in [1.807, 2.05) is 31.2 Å². The van der Waals surface area contributed by atoms with Gasteiger partial charge in [-0.2, -0.15) is 0 Å². The van der Waals surface area contributed by atoms with Crippen molar-refractivity contribution >= 4 is 40.5 Å². The van der Waals surface area contributed by atoms with E-state index in [9.17, 15) is 9.59 Å². The fourth-order valence-electron chi connectivity index (χ4n) is 4.23. The average Bonchev–Trinajstić information content (AvgIpc) is 3.17. The van der Waals surface area contributed by atoms with Crippen LogP contribution in [0, 0.1) is 5.92 Å². The summed E-state index contributed by atoms with van der Waals surface area (Å²) in [7, 11) is 0. The van der Waals surface area contributed by atoms with E-state index < -0.39 is 0 Å². The van der Waals surface area contributed by atoms with Gasteiger partial charge in [0, 0.05) is 28.5 Å². The van der Waals surface area contributed by atoms with E-state index in [4.69, 9.17) is 16.3 Å². The Morgan fingerprint density at radius 2 is 1.88 bits per heavy atom. The molecule has 3 aromatic carbocycles. The molecule has 2 aliphatic heterocycles. The van der Waals surface area contributed by atoms with Crippen LogP contribution in [0.1, 0.15) is 28.9 Å². The van der Waals surface area contributed by atoms with Crippen molar-refractivity contribution in [2.45, 2.75) is 13.0 Å². The first kappa shape index (κ1) is 21.3. The molecule has 168 valence electrons. The van der Waals surface area contributed by atoms with Gasteiger partial charge in [0.2, 0.25) is 5.91 Å². The van der Waals surface area contributed by atoms with E-state index in [2.05, 4.69) is 16.1 Å². The van der Waals surface area contributed by atoms with E-state index in [1.54, 1.807) is 47.5 Å². The molecule has 3 N–H and O–H groups in total. The van der Waals surface area contributed by atoms with Gasteiger partial charge in [-0.05, 0) is 79.2 Å². The lowest BCUT2D eigenvalue weighted by molar-refractivity contribution is -0.120. The standard InChI is InChI=1S/C25H23ClN4O3/c1-2-33-19-10-6-17(7-11-19)28-24(31)15-3-12-22-20(13-15)23-21(14-27-22)25(32)30(29-23)18-8-4-16(26)5-9-18/h3-13,21,23,27,29H,2,14H2,1H3,(H,28,31). The van der Waals surface area contributed by atoms with Gasteiger partial charge in [-0.1, -0.05) is 11.6 Å². The predicted molar refractivity (Wildman–Crippen MR) is 129 cm³/mol. The minimum absolute atomic E-state index is 0.0234. The number of hydrogen-bond donors (Lipinski definition) is 3. The Balaban J connectivity index is 1.37. The van der Waals surface area contributed by atoms with E-state index in [0.29, 0.717) is 29.4 Å². The monoisotopic (exact) mass is 462 g/mol. The number of anilines is 3. The highest BCUT2D eigenvalue weighted by Gasteiger charge is 2.44. The second-order valence-electron chi connectivity index (χ2n) is 7.96. The van der Waals surface area contributed by atoms with Gasteiger partial charge in [0.15, 0.2) is 0 Å². The molecule has 2 heterocycles. The largest absolute Gasteiger partial charge is 0.494 e. The summed E-state index contributed by atoms with van der Waals surface area (Å²) in [6.45, 7) is 3.03. The van der Waals surface area contributed by atoms with Crippen molar-refractivity contribution in [1.29, 1.82) is 0 Å². The minimum Gasteiger partial charge on any atom is -0.494 e. The molecule has 33 heavy (non-hydrogen) atoms. The van der Waals surface area contributed by atoms with Gasteiger partial charge in [-0.3, -0.25) is 9.59 Å². The maximum absolute atomic E-state index is 13.1. The van der Waals surface area contributed by atoms with E-state index >= 15 is 0 Å². The number of nitrogens with one attached hydrogen (secondary N) is 3. The number of amides is 2. The normalized spacial score (nSPS) is 18.8. The third-order valence-corrected chi connectivity index (χ3v) is 6.13. The summed E-state index contributed by atoms with van der Waals surface area (Å²) in [4.78, 5) is 26.0. The molecule has 1 fully saturated rings. The molecule has 7 nitrogen and oxygen atoms in total. The highest BCUT2D eigenvalue weighted by molar-refractivity contribution is 6.30. The van der Waals surface area contributed by atoms with Crippen LogP contribution in [0.3, 0.4) is 0 Å². The SMILES string of the molecule is CCOc1ccc(NC(=O)c2ccc3c(c2)C2NN(c4ccc(Cl)cc4)C(=O)C2CN3)cc1. The molecule has 0 radical (unpaired) electrons. The number of hydrazine groups is 1. The number of carbonyl (C=O) groups is 2. The average molecular weight is 463 g/mol. The zero-order valence-electron chi connectivity index (χ0n) is 18.0. The first-order valence-electron chi connectivity index (χ1n) is 10.8. The van der Waals surface area contributed by atoms with Crippen molar-refractivity contribution < 1.29 is 14.3 Å². The predicted octanol–water partition coefficient (Wildman–Crippen LogP) is 4.63. The minimum atomic E-state index is -0.280. The Morgan fingerprint density at radius 3 is 2.61 bits per heavy atom. The lowest BCUT2D eigenvalue weighted by atomic mass is 9.88. The number of nitrogens with zero attached hydrogens (tertiary/aromatic N) is 1. The number of hydrogen-bond acceptors (Lipinski definition) is 5.